The summed E-state index contributed by atoms with van der Waals surface area (Å²) in [6.07, 6.45) is 1.58. The Morgan fingerprint density at radius 2 is 1.91 bits per heavy atom. The molecule has 0 saturated carbocycles. The molecule has 2 N–H and O–H groups in total. The molecule has 0 atom stereocenters. The van der Waals surface area contributed by atoms with Crippen LogP contribution in [0, 0.1) is 0 Å². The molecule has 0 aliphatic carbocycles. The molecular weight excluding hydrogens is 280 g/mol. The number of rotatable bonds is 7. The summed E-state index contributed by atoms with van der Waals surface area (Å²) in [4.78, 5) is 6.54. The topological polar surface area (TPSA) is 81.3 Å². The van der Waals surface area contributed by atoms with Crippen LogP contribution in [0.3, 0.4) is 0 Å². The summed E-state index contributed by atoms with van der Waals surface area (Å²) in [6.45, 7) is 2.68. The molecular formula is C16H18N4O2. The minimum Gasteiger partial charge on any atom is -0.461 e. The van der Waals surface area contributed by atoms with Gasteiger partial charge in [0.25, 0.3) is 0 Å². The molecule has 114 valence electrons. The van der Waals surface area contributed by atoms with Gasteiger partial charge in [-0.15, -0.1) is 0 Å². The number of hydrogen-bond donors (Lipinski definition) is 1. The molecule has 3 aromatic rings. The highest BCUT2D eigenvalue weighted by Crippen LogP contribution is 2.17. The van der Waals surface area contributed by atoms with E-state index in [0.717, 1.165) is 13.1 Å². The molecule has 0 aliphatic heterocycles. The maximum absolute atomic E-state index is 5.70. The van der Waals surface area contributed by atoms with E-state index in [1.165, 1.54) is 5.56 Å². The lowest BCUT2D eigenvalue weighted by molar-refractivity contribution is 0.224. The van der Waals surface area contributed by atoms with Crippen molar-refractivity contribution in [2.45, 2.75) is 13.1 Å². The molecule has 0 fully saturated rings. The largest absolute Gasteiger partial charge is 0.461 e. The zero-order valence-electron chi connectivity index (χ0n) is 12.2. The summed E-state index contributed by atoms with van der Waals surface area (Å²) in [5.74, 6) is 1.62. The molecule has 0 unspecified atom stereocenters. The summed E-state index contributed by atoms with van der Waals surface area (Å²) in [5.41, 5.74) is 6.92. The van der Waals surface area contributed by atoms with Gasteiger partial charge in [-0.25, -0.2) is 0 Å². The van der Waals surface area contributed by atoms with E-state index >= 15 is 0 Å². The van der Waals surface area contributed by atoms with Gasteiger partial charge in [-0.05, 0) is 17.7 Å². The number of benzene rings is 1. The first-order chi connectivity index (χ1) is 10.8. The summed E-state index contributed by atoms with van der Waals surface area (Å²) < 4.78 is 10.6. The number of nitrogens with two attached hydrogens (primary N) is 1. The van der Waals surface area contributed by atoms with E-state index < -0.39 is 0 Å². The monoisotopic (exact) mass is 298 g/mol. The fourth-order valence-corrected chi connectivity index (χ4v) is 2.25. The van der Waals surface area contributed by atoms with Crippen molar-refractivity contribution >= 4 is 0 Å². The molecule has 1 aromatic carbocycles. The molecule has 0 aliphatic rings. The van der Waals surface area contributed by atoms with E-state index in [0.29, 0.717) is 30.6 Å². The Balaban J connectivity index is 1.68. The van der Waals surface area contributed by atoms with Crippen LogP contribution in [0.25, 0.3) is 11.6 Å². The summed E-state index contributed by atoms with van der Waals surface area (Å²) in [7, 11) is 0. The van der Waals surface area contributed by atoms with Crippen LogP contribution in [0.5, 0.6) is 0 Å². The van der Waals surface area contributed by atoms with Crippen LogP contribution in [0.15, 0.2) is 57.7 Å². The molecule has 3 rings (SSSR count). The standard InChI is InChI=1S/C16H18N4O2/c17-8-9-20(11-13-5-2-1-3-6-13)12-15-18-16(19-22-15)14-7-4-10-21-14/h1-7,10H,8-9,11-12,17H2. The third-order valence-electron chi connectivity index (χ3n) is 3.26. The lowest BCUT2D eigenvalue weighted by Crippen LogP contribution is -2.28. The van der Waals surface area contributed by atoms with E-state index in [-0.39, 0.29) is 0 Å². The van der Waals surface area contributed by atoms with E-state index in [1.807, 2.05) is 18.2 Å². The highest BCUT2D eigenvalue weighted by molar-refractivity contribution is 5.44. The first-order valence-corrected chi connectivity index (χ1v) is 7.18. The van der Waals surface area contributed by atoms with Crippen LogP contribution < -0.4 is 5.73 Å². The average Bonchev–Trinajstić information content (AvgIpc) is 3.19. The SMILES string of the molecule is NCCN(Cc1ccccc1)Cc1nc(-c2ccco2)no1. The number of nitrogens with zero attached hydrogens (tertiary/aromatic N) is 3. The van der Waals surface area contributed by atoms with Gasteiger partial charge in [0.2, 0.25) is 11.7 Å². The lowest BCUT2D eigenvalue weighted by Gasteiger charge is -2.19. The Labute approximate surface area is 128 Å². The molecule has 22 heavy (non-hydrogen) atoms. The van der Waals surface area contributed by atoms with Crippen LogP contribution >= 0.6 is 0 Å². The van der Waals surface area contributed by atoms with Gasteiger partial charge < -0.3 is 14.7 Å². The van der Waals surface area contributed by atoms with Crippen molar-refractivity contribution in [3.8, 4) is 11.6 Å². The van der Waals surface area contributed by atoms with E-state index in [4.69, 9.17) is 14.7 Å². The van der Waals surface area contributed by atoms with Crippen LogP contribution in [-0.2, 0) is 13.1 Å². The molecule has 0 bridgehead atoms. The van der Waals surface area contributed by atoms with Crippen molar-refractivity contribution in [3.63, 3.8) is 0 Å². The zero-order valence-corrected chi connectivity index (χ0v) is 12.2. The fraction of sp³-hybridized carbons (Fsp3) is 0.250. The Hall–Kier alpha value is -2.44. The molecule has 2 heterocycles. The zero-order chi connectivity index (χ0) is 15.2. The van der Waals surface area contributed by atoms with Crippen molar-refractivity contribution in [1.29, 1.82) is 0 Å². The summed E-state index contributed by atoms with van der Waals surface area (Å²) >= 11 is 0. The minimum atomic E-state index is 0.465. The van der Waals surface area contributed by atoms with Crippen molar-refractivity contribution in [2.75, 3.05) is 13.1 Å². The normalized spacial score (nSPS) is 11.2. The first kappa shape index (κ1) is 14.5. The van der Waals surface area contributed by atoms with E-state index in [2.05, 4.69) is 27.2 Å². The minimum absolute atomic E-state index is 0.465. The van der Waals surface area contributed by atoms with Crippen molar-refractivity contribution in [1.82, 2.24) is 15.0 Å². The van der Waals surface area contributed by atoms with Crippen LogP contribution in [0.1, 0.15) is 11.5 Å². The molecule has 0 radical (unpaired) electrons. The van der Waals surface area contributed by atoms with Gasteiger partial charge in [-0.3, -0.25) is 4.90 Å². The number of furan rings is 1. The molecule has 2 aromatic heterocycles. The van der Waals surface area contributed by atoms with Gasteiger partial charge >= 0.3 is 0 Å². The second-order valence-corrected chi connectivity index (χ2v) is 4.97. The average molecular weight is 298 g/mol. The third-order valence-corrected chi connectivity index (χ3v) is 3.26. The van der Waals surface area contributed by atoms with Crippen molar-refractivity contribution in [2.24, 2.45) is 5.73 Å². The van der Waals surface area contributed by atoms with Gasteiger partial charge in [0.05, 0.1) is 12.8 Å². The fourth-order valence-electron chi connectivity index (χ4n) is 2.25. The predicted octanol–water partition coefficient (Wildman–Crippen LogP) is 2.29. The highest BCUT2D eigenvalue weighted by atomic mass is 16.5. The Bertz CT molecular complexity index is 679. The van der Waals surface area contributed by atoms with Crippen molar-refractivity contribution < 1.29 is 8.94 Å². The lowest BCUT2D eigenvalue weighted by atomic mass is 10.2. The van der Waals surface area contributed by atoms with Crippen molar-refractivity contribution in [3.05, 3.63) is 60.2 Å². The van der Waals surface area contributed by atoms with Gasteiger partial charge in [0.15, 0.2) is 5.76 Å². The van der Waals surface area contributed by atoms with Gasteiger partial charge in [0.1, 0.15) is 0 Å². The smallest absolute Gasteiger partial charge is 0.241 e. The van der Waals surface area contributed by atoms with E-state index in [9.17, 15) is 0 Å². The Morgan fingerprint density at radius 3 is 2.64 bits per heavy atom. The molecule has 6 nitrogen and oxygen atoms in total. The van der Waals surface area contributed by atoms with Crippen LogP contribution in [0.2, 0.25) is 0 Å². The molecule has 0 amide bonds. The number of aromatic nitrogens is 2. The van der Waals surface area contributed by atoms with Crippen LogP contribution in [-0.4, -0.2) is 28.1 Å². The van der Waals surface area contributed by atoms with Gasteiger partial charge in [-0.1, -0.05) is 35.5 Å². The highest BCUT2D eigenvalue weighted by Gasteiger charge is 2.14. The molecule has 0 saturated heterocycles. The summed E-state index contributed by atoms with van der Waals surface area (Å²) in [5, 5.41) is 3.94. The second kappa shape index (κ2) is 7.02. The molecule has 6 heteroatoms. The van der Waals surface area contributed by atoms with Gasteiger partial charge in [0, 0.05) is 19.6 Å². The maximum Gasteiger partial charge on any atom is 0.241 e. The van der Waals surface area contributed by atoms with Crippen LogP contribution in [0.4, 0.5) is 0 Å². The molecule has 0 spiro atoms. The second-order valence-electron chi connectivity index (χ2n) is 4.97. The van der Waals surface area contributed by atoms with Gasteiger partial charge in [-0.2, -0.15) is 4.98 Å². The first-order valence-electron chi connectivity index (χ1n) is 7.18. The summed E-state index contributed by atoms with van der Waals surface area (Å²) in [6, 6.07) is 13.8. The maximum atomic E-state index is 5.70. The Morgan fingerprint density at radius 1 is 1.05 bits per heavy atom. The number of hydrogen-bond acceptors (Lipinski definition) is 6. The quantitative estimate of drug-likeness (QED) is 0.720. The Kier molecular flexibility index (Phi) is 4.62. The van der Waals surface area contributed by atoms with E-state index in [1.54, 1.807) is 18.4 Å². The predicted molar refractivity (Wildman–Crippen MR) is 81.6 cm³/mol. The third kappa shape index (κ3) is 3.60.